The van der Waals surface area contributed by atoms with Crippen molar-refractivity contribution in [1.29, 1.82) is 0 Å². The first-order chi connectivity index (χ1) is 7.22. The summed E-state index contributed by atoms with van der Waals surface area (Å²) in [7, 11) is 0. The molecule has 2 aromatic rings. The Morgan fingerprint density at radius 2 is 2.27 bits per heavy atom. The van der Waals surface area contributed by atoms with Crippen LogP contribution in [0.25, 0.3) is 5.82 Å². The Bertz CT molecular complexity index is 480. The SMILES string of the molecule is Cc1cnn(-c2ncnc(NN)c2Br)c1. The zero-order chi connectivity index (χ0) is 10.8. The maximum atomic E-state index is 5.30. The third-order valence-corrected chi connectivity index (χ3v) is 2.57. The second-order valence-corrected chi connectivity index (χ2v) is 3.76. The minimum absolute atomic E-state index is 0.521. The minimum Gasteiger partial charge on any atom is -0.307 e. The van der Waals surface area contributed by atoms with Crippen LogP contribution in [0.1, 0.15) is 5.56 Å². The summed E-state index contributed by atoms with van der Waals surface area (Å²) in [5, 5.41) is 4.15. The van der Waals surface area contributed by atoms with Gasteiger partial charge in [-0.2, -0.15) is 5.10 Å². The summed E-state index contributed by atoms with van der Waals surface area (Å²) >= 11 is 3.36. The Morgan fingerprint density at radius 3 is 2.87 bits per heavy atom. The number of nitrogens with zero attached hydrogens (tertiary/aromatic N) is 4. The summed E-state index contributed by atoms with van der Waals surface area (Å²) in [6, 6.07) is 0. The molecule has 2 heterocycles. The molecule has 0 fully saturated rings. The normalized spacial score (nSPS) is 10.3. The van der Waals surface area contributed by atoms with E-state index in [4.69, 9.17) is 5.84 Å². The number of aromatic nitrogens is 4. The van der Waals surface area contributed by atoms with Gasteiger partial charge in [0.15, 0.2) is 11.6 Å². The van der Waals surface area contributed by atoms with Crippen LogP contribution in [-0.2, 0) is 0 Å². The van der Waals surface area contributed by atoms with Gasteiger partial charge in [0.25, 0.3) is 0 Å². The van der Waals surface area contributed by atoms with Crippen LogP contribution in [0.4, 0.5) is 5.82 Å². The Morgan fingerprint density at radius 1 is 1.47 bits per heavy atom. The number of aryl methyl sites for hydroxylation is 1. The Balaban J connectivity index is 2.53. The molecular formula is C8H9BrN6. The third-order valence-electron chi connectivity index (χ3n) is 1.84. The van der Waals surface area contributed by atoms with E-state index in [2.05, 4.69) is 36.4 Å². The predicted molar refractivity (Wildman–Crippen MR) is 59.4 cm³/mol. The lowest BCUT2D eigenvalue weighted by Gasteiger charge is -2.06. The molecule has 2 aromatic heterocycles. The molecule has 0 saturated heterocycles. The van der Waals surface area contributed by atoms with Crippen molar-refractivity contribution in [3.05, 3.63) is 28.8 Å². The first-order valence-corrected chi connectivity index (χ1v) is 5.00. The highest BCUT2D eigenvalue weighted by atomic mass is 79.9. The van der Waals surface area contributed by atoms with Crippen molar-refractivity contribution in [3.63, 3.8) is 0 Å². The molecule has 0 aliphatic carbocycles. The van der Waals surface area contributed by atoms with Crippen molar-refractivity contribution in [3.8, 4) is 5.82 Å². The van der Waals surface area contributed by atoms with Gasteiger partial charge >= 0.3 is 0 Å². The molecule has 0 amide bonds. The standard InChI is InChI=1S/C8H9BrN6/c1-5-2-13-15(3-5)8-6(9)7(14-10)11-4-12-8/h2-4H,10H2,1H3,(H,11,12,14). The average Bonchev–Trinajstić information content (AvgIpc) is 2.65. The van der Waals surface area contributed by atoms with Crippen molar-refractivity contribution in [2.24, 2.45) is 5.84 Å². The quantitative estimate of drug-likeness (QED) is 0.628. The van der Waals surface area contributed by atoms with Crippen LogP contribution in [0, 0.1) is 6.92 Å². The van der Waals surface area contributed by atoms with E-state index < -0.39 is 0 Å². The highest BCUT2D eigenvalue weighted by Crippen LogP contribution is 2.24. The molecule has 0 aliphatic rings. The number of nitrogens with two attached hydrogens (primary N) is 1. The summed E-state index contributed by atoms with van der Waals surface area (Å²) < 4.78 is 2.33. The molecule has 0 saturated carbocycles. The monoisotopic (exact) mass is 268 g/mol. The summed E-state index contributed by atoms with van der Waals surface area (Å²) in [4.78, 5) is 8.07. The second kappa shape index (κ2) is 3.95. The fraction of sp³-hybridized carbons (Fsp3) is 0.125. The summed E-state index contributed by atoms with van der Waals surface area (Å²) in [5.74, 6) is 6.47. The number of rotatable bonds is 2. The van der Waals surface area contributed by atoms with Crippen LogP contribution in [0.15, 0.2) is 23.2 Å². The van der Waals surface area contributed by atoms with E-state index >= 15 is 0 Å². The lowest BCUT2D eigenvalue weighted by Crippen LogP contribution is -2.11. The van der Waals surface area contributed by atoms with E-state index in [0.717, 1.165) is 5.56 Å². The van der Waals surface area contributed by atoms with E-state index in [1.165, 1.54) is 6.33 Å². The van der Waals surface area contributed by atoms with Gasteiger partial charge in [0.1, 0.15) is 10.8 Å². The molecule has 0 aromatic carbocycles. The number of nitrogens with one attached hydrogen (secondary N) is 1. The summed E-state index contributed by atoms with van der Waals surface area (Å²) in [5.41, 5.74) is 3.53. The number of nitrogen functional groups attached to an aromatic ring is 1. The molecule has 0 aliphatic heterocycles. The van der Waals surface area contributed by atoms with Gasteiger partial charge in [-0.15, -0.1) is 0 Å². The maximum absolute atomic E-state index is 5.30. The summed E-state index contributed by atoms with van der Waals surface area (Å²) in [6.07, 6.45) is 5.05. The highest BCUT2D eigenvalue weighted by Gasteiger charge is 2.09. The van der Waals surface area contributed by atoms with Crippen molar-refractivity contribution in [2.75, 3.05) is 5.43 Å². The molecule has 0 unspecified atom stereocenters. The molecule has 15 heavy (non-hydrogen) atoms. The van der Waals surface area contributed by atoms with Gasteiger partial charge in [0.2, 0.25) is 0 Å². The van der Waals surface area contributed by atoms with Crippen molar-refractivity contribution >= 4 is 21.7 Å². The van der Waals surface area contributed by atoms with Gasteiger partial charge < -0.3 is 5.43 Å². The Labute approximate surface area is 94.6 Å². The molecule has 0 radical (unpaired) electrons. The predicted octanol–water partition coefficient (Wildman–Crippen LogP) is 1.02. The van der Waals surface area contributed by atoms with E-state index in [9.17, 15) is 0 Å². The van der Waals surface area contributed by atoms with E-state index in [-0.39, 0.29) is 0 Å². The third kappa shape index (κ3) is 1.83. The van der Waals surface area contributed by atoms with Crippen LogP contribution >= 0.6 is 15.9 Å². The van der Waals surface area contributed by atoms with Gasteiger partial charge in [-0.25, -0.2) is 20.5 Å². The molecule has 78 valence electrons. The van der Waals surface area contributed by atoms with E-state index in [1.54, 1.807) is 10.9 Å². The zero-order valence-electron chi connectivity index (χ0n) is 7.98. The molecular weight excluding hydrogens is 260 g/mol. The van der Waals surface area contributed by atoms with Crippen LogP contribution in [0.5, 0.6) is 0 Å². The van der Waals surface area contributed by atoms with Crippen molar-refractivity contribution < 1.29 is 0 Å². The summed E-state index contributed by atoms with van der Waals surface area (Å²) in [6.45, 7) is 1.96. The lowest BCUT2D eigenvalue weighted by molar-refractivity contribution is 0.833. The maximum Gasteiger partial charge on any atom is 0.173 e. The van der Waals surface area contributed by atoms with Gasteiger partial charge in [-0.1, -0.05) is 0 Å². The van der Waals surface area contributed by atoms with Gasteiger partial charge in [0.05, 0.1) is 6.20 Å². The van der Waals surface area contributed by atoms with Crippen LogP contribution in [-0.4, -0.2) is 19.7 Å². The van der Waals surface area contributed by atoms with Crippen LogP contribution < -0.4 is 11.3 Å². The first kappa shape index (κ1) is 10.1. The fourth-order valence-corrected chi connectivity index (χ4v) is 1.65. The first-order valence-electron chi connectivity index (χ1n) is 4.21. The number of anilines is 1. The molecule has 2 rings (SSSR count). The minimum atomic E-state index is 0.521. The van der Waals surface area contributed by atoms with Gasteiger partial charge in [-0.3, -0.25) is 0 Å². The Hall–Kier alpha value is -1.47. The van der Waals surface area contributed by atoms with Crippen LogP contribution in [0.2, 0.25) is 0 Å². The molecule has 3 N–H and O–H groups in total. The second-order valence-electron chi connectivity index (χ2n) is 2.97. The number of halogens is 1. The number of hydrazine groups is 1. The van der Waals surface area contributed by atoms with Crippen molar-refractivity contribution in [1.82, 2.24) is 19.7 Å². The number of hydrogen-bond donors (Lipinski definition) is 2. The van der Waals surface area contributed by atoms with Crippen LogP contribution in [0.3, 0.4) is 0 Å². The zero-order valence-corrected chi connectivity index (χ0v) is 9.56. The topological polar surface area (TPSA) is 81.7 Å². The molecule has 0 bridgehead atoms. The largest absolute Gasteiger partial charge is 0.307 e. The molecule has 0 atom stereocenters. The average molecular weight is 269 g/mol. The van der Waals surface area contributed by atoms with E-state index in [0.29, 0.717) is 16.1 Å². The smallest absolute Gasteiger partial charge is 0.173 e. The fourth-order valence-electron chi connectivity index (χ4n) is 1.15. The van der Waals surface area contributed by atoms with Gasteiger partial charge in [-0.05, 0) is 28.4 Å². The van der Waals surface area contributed by atoms with E-state index in [1.807, 2.05) is 13.1 Å². The highest BCUT2D eigenvalue weighted by molar-refractivity contribution is 9.10. The van der Waals surface area contributed by atoms with Crippen molar-refractivity contribution in [2.45, 2.75) is 6.92 Å². The Kier molecular flexibility index (Phi) is 2.65. The molecule has 0 spiro atoms. The number of hydrogen-bond acceptors (Lipinski definition) is 5. The molecule has 7 heteroatoms. The lowest BCUT2D eigenvalue weighted by atomic mass is 10.4. The molecule has 6 nitrogen and oxygen atoms in total. The van der Waals surface area contributed by atoms with Gasteiger partial charge in [0, 0.05) is 6.20 Å².